The van der Waals surface area contributed by atoms with Crippen LogP contribution in [0.3, 0.4) is 0 Å². The molecule has 6 nitrogen and oxygen atoms in total. The van der Waals surface area contributed by atoms with Crippen molar-refractivity contribution >= 4 is 39.4 Å². The molecule has 0 aromatic heterocycles. The van der Waals surface area contributed by atoms with E-state index in [-0.39, 0.29) is 22.6 Å². The number of carbonyl (C=O) groups is 3. The van der Waals surface area contributed by atoms with E-state index < -0.39 is 6.09 Å². The number of amides is 2. The predicted octanol–water partition coefficient (Wildman–Crippen LogP) is 2.43. The first-order valence-electron chi connectivity index (χ1n) is 7.99. The van der Waals surface area contributed by atoms with Crippen molar-refractivity contribution in [1.82, 2.24) is 5.32 Å². The zero-order valence-corrected chi connectivity index (χ0v) is 15.0. The van der Waals surface area contributed by atoms with E-state index in [9.17, 15) is 14.4 Å². The van der Waals surface area contributed by atoms with Crippen molar-refractivity contribution in [2.75, 3.05) is 18.0 Å². The first-order valence-corrected chi connectivity index (χ1v) is 8.91. The second-order valence-corrected chi connectivity index (χ2v) is 7.22. The maximum atomic E-state index is 12.3. The number of Topliss-reactive ketones (excluding diaryl/α,β-unsaturated/α-hetero) is 1. The Morgan fingerprint density at radius 1 is 1.42 bits per heavy atom. The molecule has 128 valence electrons. The molecule has 1 fully saturated rings. The summed E-state index contributed by atoms with van der Waals surface area (Å²) in [7, 11) is 0. The maximum absolute atomic E-state index is 12.3. The number of ether oxygens (including phenoxy) is 1. The van der Waals surface area contributed by atoms with Gasteiger partial charge in [-0.2, -0.15) is 0 Å². The molecule has 1 saturated heterocycles. The fraction of sp³-hybridized carbons (Fsp3) is 0.471. The minimum Gasteiger partial charge on any atom is -0.442 e. The molecule has 24 heavy (non-hydrogen) atoms. The number of ketones is 1. The van der Waals surface area contributed by atoms with Gasteiger partial charge >= 0.3 is 6.09 Å². The summed E-state index contributed by atoms with van der Waals surface area (Å²) < 4.78 is 5.28. The molecule has 1 aliphatic carbocycles. The SMILES string of the molecule is CC(=O)NC[C@H]1CN(c2ccc3c(c2)CCCC(Br)C3=O)C(=O)O1. The van der Waals surface area contributed by atoms with Gasteiger partial charge in [0.05, 0.1) is 17.9 Å². The van der Waals surface area contributed by atoms with Crippen molar-refractivity contribution in [1.29, 1.82) is 0 Å². The van der Waals surface area contributed by atoms with Crippen molar-refractivity contribution < 1.29 is 19.1 Å². The molecular weight excluding hydrogens is 376 g/mol. The molecular formula is C17H19BrN2O4. The van der Waals surface area contributed by atoms with Crippen LogP contribution in [0.15, 0.2) is 18.2 Å². The molecule has 1 aromatic carbocycles. The molecule has 0 radical (unpaired) electrons. The van der Waals surface area contributed by atoms with Gasteiger partial charge in [0.15, 0.2) is 5.78 Å². The lowest BCUT2D eigenvalue weighted by Gasteiger charge is -2.16. The molecule has 1 aliphatic heterocycles. The van der Waals surface area contributed by atoms with Gasteiger partial charge in [-0.15, -0.1) is 0 Å². The van der Waals surface area contributed by atoms with Crippen LogP contribution in [0.1, 0.15) is 35.7 Å². The van der Waals surface area contributed by atoms with E-state index in [0.29, 0.717) is 13.1 Å². The molecule has 2 aliphatic rings. The smallest absolute Gasteiger partial charge is 0.414 e. The molecule has 1 heterocycles. The van der Waals surface area contributed by atoms with E-state index in [2.05, 4.69) is 21.2 Å². The molecule has 3 rings (SSSR count). The monoisotopic (exact) mass is 394 g/mol. The van der Waals surface area contributed by atoms with Gasteiger partial charge in [-0.1, -0.05) is 15.9 Å². The van der Waals surface area contributed by atoms with Crippen LogP contribution in [-0.2, 0) is 16.0 Å². The van der Waals surface area contributed by atoms with Crippen molar-refractivity contribution in [3.8, 4) is 0 Å². The topological polar surface area (TPSA) is 75.7 Å². The molecule has 1 aromatic rings. The van der Waals surface area contributed by atoms with E-state index in [0.717, 1.165) is 36.1 Å². The minimum atomic E-state index is -0.427. The van der Waals surface area contributed by atoms with E-state index in [1.807, 2.05) is 6.07 Å². The van der Waals surface area contributed by atoms with Crippen molar-refractivity contribution in [3.63, 3.8) is 0 Å². The highest BCUT2D eigenvalue weighted by Crippen LogP contribution is 2.30. The Hall–Kier alpha value is -1.89. The summed E-state index contributed by atoms with van der Waals surface area (Å²) in [6.45, 7) is 2.11. The second kappa shape index (κ2) is 6.93. The van der Waals surface area contributed by atoms with Gasteiger partial charge in [-0.3, -0.25) is 14.5 Å². The normalized spacial score (nSPS) is 23.5. The van der Waals surface area contributed by atoms with Gasteiger partial charge in [0, 0.05) is 18.2 Å². The first kappa shape index (κ1) is 17.0. The summed E-state index contributed by atoms with van der Waals surface area (Å²) >= 11 is 3.44. The zero-order chi connectivity index (χ0) is 17.3. The number of hydrogen-bond acceptors (Lipinski definition) is 4. The lowest BCUT2D eigenvalue weighted by molar-refractivity contribution is -0.119. The summed E-state index contributed by atoms with van der Waals surface area (Å²) in [6, 6.07) is 5.48. The highest BCUT2D eigenvalue weighted by Gasteiger charge is 2.33. The number of benzene rings is 1. The maximum Gasteiger partial charge on any atom is 0.414 e. The third-order valence-electron chi connectivity index (χ3n) is 4.31. The number of nitrogens with zero attached hydrogens (tertiary/aromatic N) is 1. The van der Waals surface area contributed by atoms with Crippen molar-refractivity contribution in [2.24, 2.45) is 0 Å². The Kier molecular flexibility index (Phi) is 4.89. The largest absolute Gasteiger partial charge is 0.442 e. The number of hydrogen-bond donors (Lipinski definition) is 1. The lowest BCUT2D eigenvalue weighted by Crippen LogP contribution is -2.33. The Morgan fingerprint density at radius 2 is 2.21 bits per heavy atom. The number of fused-ring (bicyclic) bond motifs is 1. The third-order valence-corrected chi connectivity index (χ3v) is 5.18. The second-order valence-electron chi connectivity index (χ2n) is 6.12. The lowest BCUT2D eigenvalue weighted by atomic mass is 10.0. The number of rotatable bonds is 3. The molecule has 0 spiro atoms. The van der Waals surface area contributed by atoms with E-state index in [4.69, 9.17) is 4.74 Å². The van der Waals surface area contributed by atoms with Gasteiger partial charge in [0.2, 0.25) is 5.91 Å². The van der Waals surface area contributed by atoms with E-state index in [1.165, 1.54) is 6.92 Å². The number of cyclic esters (lactones) is 1. The number of anilines is 1. The summed E-state index contributed by atoms with van der Waals surface area (Å²) in [6.07, 6.45) is 1.76. The van der Waals surface area contributed by atoms with Gasteiger partial charge < -0.3 is 10.1 Å². The van der Waals surface area contributed by atoms with Crippen molar-refractivity contribution in [3.05, 3.63) is 29.3 Å². The van der Waals surface area contributed by atoms with Gasteiger partial charge in [0.25, 0.3) is 0 Å². The average Bonchev–Trinajstić information content (AvgIpc) is 2.86. The number of halogens is 1. The van der Waals surface area contributed by atoms with E-state index in [1.54, 1.807) is 17.0 Å². The molecule has 2 amide bonds. The number of alkyl halides is 1. The average molecular weight is 395 g/mol. The Bertz CT molecular complexity index is 691. The van der Waals surface area contributed by atoms with Crippen LogP contribution < -0.4 is 10.2 Å². The summed E-state index contributed by atoms with van der Waals surface area (Å²) in [5.41, 5.74) is 2.42. The number of aryl methyl sites for hydroxylation is 1. The standard InChI is InChI=1S/C17H19BrN2O4/c1-10(21)19-8-13-9-20(17(23)24-13)12-5-6-14-11(7-12)3-2-4-15(18)16(14)22/h5-7,13,15H,2-4,8-9H2,1H3,(H,19,21)/t13-,15?/m0/s1. The van der Waals surface area contributed by atoms with Crippen molar-refractivity contribution in [2.45, 2.75) is 37.1 Å². The molecule has 7 heteroatoms. The highest BCUT2D eigenvalue weighted by atomic mass is 79.9. The Labute approximate surface area is 148 Å². The predicted molar refractivity (Wildman–Crippen MR) is 92.7 cm³/mol. The van der Waals surface area contributed by atoms with Crippen LogP contribution in [0.25, 0.3) is 0 Å². The van der Waals surface area contributed by atoms with Crippen LogP contribution in [0.5, 0.6) is 0 Å². The van der Waals surface area contributed by atoms with Gasteiger partial charge in [0.1, 0.15) is 6.10 Å². The third kappa shape index (κ3) is 3.45. The van der Waals surface area contributed by atoms with Crippen LogP contribution in [-0.4, -0.2) is 41.8 Å². The summed E-state index contributed by atoms with van der Waals surface area (Å²) in [4.78, 5) is 36.8. The Morgan fingerprint density at radius 3 is 2.96 bits per heavy atom. The van der Waals surface area contributed by atoms with Gasteiger partial charge in [-0.25, -0.2) is 4.79 Å². The van der Waals surface area contributed by atoms with Crippen LogP contribution >= 0.6 is 15.9 Å². The quantitative estimate of drug-likeness (QED) is 0.630. The highest BCUT2D eigenvalue weighted by molar-refractivity contribution is 9.10. The number of nitrogens with one attached hydrogen (secondary N) is 1. The summed E-state index contributed by atoms with van der Waals surface area (Å²) in [5, 5.41) is 2.66. The van der Waals surface area contributed by atoms with Gasteiger partial charge in [-0.05, 0) is 43.0 Å². The summed E-state index contributed by atoms with van der Waals surface area (Å²) in [5.74, 6) is -0.0565. The molecule has 1 N–H and O–H groups in total. The fourth-order valence-electron chi connectivity index (χ4n) is 3.06. The van der Waals surface area contributed by atoms with Crippen LogP contribution in [0, 0.1) is 0 Å². The van der Waals surface area contributed by atoms with Crippen LogP contribution in [0.2, 0.25) is 0 Å². The molecule has 1 unspecified atom stereocenters. The molecule has 0 saturated carbocycles. The Balaban J connectivity index is 1.78. The zero-order valence-electron chi connectivity index (χ0n) is 13.4. The molecule has 2 atom stereocenters. The molecule has 0 bridgehead atoms. The first-order chi connectivity index (χ1) is 11.5. The van der Waals surface area contributed by atoms with Crippen LogP contribution in [0.4, 0.5) is 10.5 Å². The number of carbonyl (C=O) groups excluding carboxylic acids is 3. The van der Waals surface area contributed by atoms with E-state index >= 15 is 0 Å². The minimum absolute atomic E-state index is 0.0987. The fourth-order valence-corrected chi connectivity index (χ4v) is 3.63.